The van der Waals surface area contributed by atoms with E-state index in [0.29, 0.717) is 13.1 Å². The first-order valence-corrected chi connectivity index (χ1v) is 9.06. The molecule has 3 nitrogen and oxygen atoms in total. The molecular formula is C20H21NO2S. The molecule has 3 aromatic rings. The lowest BCUT2D eigenvalue weighted by Crippen LogP contribution is -2.29. The Morgan fingerprint density at radius 1 is 1.08 bits per heavy atom. The van der Waals surface area contributed by atoms with E-state index in [1.807, 2.05) is 34.5 Å². The van der Waals surface area contributed by atoms with E-state index < -0.39 is 0 Å². The number of aryl methyl sites for hydroxylation is 1. The van der Waals surface area contributed by atoms with Gasteiger partial charge in [-0.05, 0) is 41.6 Å². The SMILES string of the molecule is CCCc1ccc(C(=O)N(Cc2ccoc2)Cc2cccs2)cc1. The second kappa shape index (κ2) is 7.97. The highest BCUT2D eigenvalue weighted by Crippen LogP contribution is 2.18. The molecule has 0 fully saturated rings. The molecule has 1 amide bonds. The second-order valence-electron chi connectivity index (χ2n) is 5.82. The lowest BCUT2D eigenvalue weighted by atomic mass is 10.1. The number of carbonyl (C=O) groups excluding carboxylic acids is 1. The van der Waals surface area contributed by atoms with E-state index in [2.05, 4.69) is 25.1 Å². The first-order valence-electron chi connectivity index (χ1n) is 8.18. The van der Waals surface area contributed by atoms with Crippen molar-refractivity contribution in [2.75, 3.05) is 0 Å². The fraction of sp³-hybridized carbons (Fsp3) is 0.250. The Labute approximate surface area is 146 Å². The summed E-state index contributed by atoms with van der Waals surface area (Å²) in [7, 11) is 0. The highest BCUT2D eigenvalue weighted by Gasteiger charge is 2.17. The summed E-state index contributed by atoms with van der Waals surface area (Å²) in [6.07, 6.45) is 5.49. The number of hydrogen-bond acceptors (Lipinski definition) is 3. The molecule has 0 N–H and O–H groups in total. The van der Waals surface area contributed by atoms with Gasteiger partial charge in [0.1, 0.15) is 0 Å². The van der Waals surface area contributed by atoms with Gasteiger partial charge in [-0.2, -0.15) is 0 Å². The quantitative estimate of drug-likeness (QED) is 0.597. The average Bonchev–Trinajstić information content (AvgIpc) is 3.28. The number of rotatable bonds is 7. The minimum absolute atomic E-state index is 0.0487. The number of thiophene rings is 1. The number of amides is 1. The molecule has 0 unspecified atom stereocenters. The molecular weight excluding hydrogens is 318 g/mol. The van der Waals surface area contributed by atoms with E-state index in [1.165, 1.54) is 10.4 Å². The van der Waals surface area contributed by atoms with Crippen LogP contribution in [0.3, 0.4) is 0 Å². The average molecular weight is 339 g/mol. The summed E-state index contributed by atoms with van der Waals surface area (Å²) in [5.74, 6) is 0.0487. The van der Waals surface area contributed by atoms with Crippen LogP contribution in [0.15, 0.2) is 64.8 Å². The van der Waals surface area contributed by atoms with Crippen molar-refractivity contribution in [1.29, 1.82) is 0 Å². The van der Waals surface area contributed by atoms with Gasteiger partial charge < -0.3 is 9.32 Å². The summed E-state index contributed by atoms with van der Waals surface area (Å²) in [6.45, 7) is 3.31. The van der Waals surface area contributed by atoms with Crippen LogP contribution in [-0.2, 0) is 19.5 Å². The van der Waals surface area contributed by atoms with Gasteiger partial charge in [0.15, 0.2) is 0 Å². The number of carbonyl (C=O) groups is 1. The van der Waals surface area contributed by atoms with Crippen LogP contribution >= 0.6 is 11.3 Å². The number of nitrogens with zero attached hydrogens (tertiary/aromatic N) is 1. The molecule has 0 aliphatic heterocycles. The largest absolute Gasteiger partial charge is 0.472 e. The van der Waals surface area contributed by atoms with Gasteiger partial charge in [-0.1, -0.05) is 31.5 Å². The fourth-order valence-electron chi connectivity index (χ4n) is 2.68. The minimum Gasteiger partial charge on any atom is -0.472 e. The first-order chi connectivity index (χ1) is 11.8. The zero-order chi connectivity index (χ0) is 16.8. The van der Waals surface area contributed by atoms with Gasteiger partial charge >= 0.3 is 0 Å². The smallest absolute Gasteiger partial charge is 0.254 e. The summed E-state index contributed by atoms with van der Waals surface area (Å²) >= 11 is 1.67. The molecule has 2 aromatic heterocycles. The molecule has 0 bridgehead atoms. The first kappa shape index (κ1) is 16.5. The van der Waals surface area contributed by atoms with Crippen molar-refractivity contribution in [2.24, 2.45) is 0 Å². The molecule has 24 heavy (non-hydrogen) atoms. The molecule has 2 heterocycles. The zero-order valence-electron chi connectivity index (χ0n) is 13.8. The maximum absolute atomic E-state index is 13.0. The standard InChI is InChI=1S/C20H21NO2S/c1-2-4-16-6-8-18(9-7-16)20(22)21(13-17-10-11-23-15-17)14-19-5-3-12-24-19/h3,5-12,15H,2,4,13-14H2,1H3. The third-order valence-electron chi connectivity index (χ3n) is 3.91. The predicted molar refractivity (Wildman–Crippen MR) is 97.0 cm³/mol. The Hall–Kier alpha value is -2.33. The van der Waals surface area contributed by atoms with Crippen molar-refractivity contribution in [1.82, 2.24) is 4.90 Å². The van der Waals surface area contributed by atoms with Crippen LogP contribution in [-0.4, -0.2) is 10.8 Å². The van der Waals surface area contributed by atoms with E-state index in [0.717, 1.165) is 24.0 Å². The van der Waals surface area contributed by atoms with Gasteiger partial charge in [-0.25, -0.2) is 0 Å². The summed E-state index contributed by atoms with van der Waals surface area (Å²) in [6, 6.07) is 14.0. The number of furan rings is 1. The normalized spacial score (nSPS) is 10.7. The Balaban J connectivity index is 1.79. The fourth-order valence-corrected chi connectivity index (χ4v) is 3.40. The molecule has 0 aliphatic rings. The Bertz CT molecular complexity index is 709. The Morgan fingerprint density at radius 2 is 1.92 bits per heavy atom. The molecule has 0 spiro atoms. The van der Waals surface area contributed by atoms with E-state index in [1.54, 1.807) is 23.9 Å². The van der Waals surface area contributed by atoms with Crippen LogP contribution in [0, 0.1) is 0 Å². The van der Waals surface area contributed by atoms with Gasteiger partial charge in [0.05, 0.1) is 19.1 Å². The maximum Gasteiger partial charge on any atom is 0.254 e. The van der Waals surface area contributed by atoms with Crippen LogP contribution < -0.4 is 0 Å². The van der Waals surface area contributed by atoms with Crippen molar-refractivity contribution < 1.29 is 9.21 Å². The van der Waals surface area contributed by atoms with E-state index in [-0.39, 0.29) is 5.91 Å². The van der Waals surface area contributed by atoms with E-state index in [4.69, 9.17) is 4.42 Å². The molecule has 0 atom stereocenters. The molecule has 1 aromatic carbocycles. The lowest BCUT2D eigenvalue weighted by Gasteiger charge is -2.22. The van der Waals surface area contributed by atoms with Crippen molar-refractivity contribution in [3.63, 3.8) is 0 Å². The number of hydrogen-bond donors (Lipinski definition) is 0. The monoisotopic (exact) mass is 339 g/mol. The molecule has 124 valence electrons. The van der Waals surface area contributed by atoms with Crippen LogP contribution in [0.25, 0.3) is 0 Å². The van der Waals surface area contributed by atoms with Crippen LogP contribution in [0.5, 0.6) is 0 Å². The lowest BCUT2D eigenvalue weighted by molar-refractivity contribution is 0.0731. The van der Waals surface area contributed by atoms with Crippen molar-refractivity contribution in [3.05, 3.63) is 81.9 Å². The van der Waals surface area contributed by atoms with Crippen LogP contribution in [0.2, 0.25) is 0 Å². The van der Waals surface area contributed by atoms with Gasteiger partial charge in [-0.15, -0.1) is 11.3 Å². The molecule has 0 saturated carbocycles. The second-order valence-corrected chi connectivity index (χ2v) is 6.85. The molecule has 4 heteroatoms. The summed E-state index contributed by atoms with van der Waals surface area (Å²) in [5.41, 5.74) is 3.01. The van der Waals surface area contributed by atoms with Gasteiger partial charge in [0, 0.05) is 22.5 Å². The topological polar surface area (TPSA) is 33.5 Å². The summed E-state index contributed by atoms with van der Waals surface area (Å²) in [4.78, 5) is 16.0. The van der Waals surface area contributed by atoms with Crippen molar-refractivity contribution >= 4 is 17.2 Å². The van der Waals surface area contributed by atoms with E-state index >= 15 is 0 Å². The number of benzene rings is 1. The molecule has 0 radical (unpaired) electrons. The molecule has 0 saturated heterocycles. The molecule has 3 rings (SSSR count). The Kier molecular flexibility index (Phi) is 5.49. The predicted octanol–water partition coefficient (Wildman–Crippen LogP) is 5.14. The zero-order valence-corrected chi connectivity index (χ0v) is 14.6. The highest BCUT2D eigenvalue weighted by atomic mass is 32.1. The summed E-state index contributed by atoms with van der Waals surface area (Å²) in [5, 5.41) is 2.04. The maximum atomic E-state index is 13.0. The summed E-state index contributed by atoms with van der Waals surface area (Å²) < 4.78 is 5.14. The third-order valence-corrected chi connectivity index (χ3v) is 4.77. The van der Waals surface area contributed by atoms with Gasteiger partial charge in [0.25, 0.3) is 5.91 Å². The van der Waals surface area contributed by atoms with Crippen LogP contribution in [0.4, 0.5) is 0 Å². The Morgan fingerprint density at radius 3 is 2.54 bits per heavy atom. The third kappa shape index (κ3) is 4.15. The van der Waals surface area contributed by atoms with Gasteiger partial charge in [0.2, 0.25) is 0 Å². The molecule has 0 aliphatic carbocycles. The van der Waals surface area contributed by atoms with Gasteiger partial charge in [-0.3, -0.25) is 4.79 Å². The van der Waals surface area contributed by atoms with Crippen molar-refractivity contribution in [2.45, 2.75) is 32.9 Å². The van der Waals surface area contributed by atoms with E-state index in [9.17, 15) is 4.79 Å². The highest BCUT2D eigenvalue weighted by molar-refractivity contribution is 7.09. The minimum atomic E-state index is 0.0487. The van der Waals surface area contributed by atoms with Crippen LogP contribution in [0.1, 0.15) is 39.7 Å². The van der Waals surface area contributed by atoms with Crippen molar-refractivity contribution in [3.8, 4) is 0 Å².